The molecular weight excluding hydrogens is 534 g/mol. The van der Waals surface area contributed by atoms with Crippen LogP contribution in [0.5, 0.6) is 11.6 Å². The van der Waals surface area contributed by atoms with Gasteiger partial charge >= 0.3 is 0 Å². The lowest BCUT2D eigenvalue weighted by molar-refractivity contribution is -0.0940. The summed E-state index contributed by atoms with van der Waals surface area (Å²) in [6, 6.07) is 15.0. The van der Waals surface area contributed by atoms with Crippen molar-refractivity contribution in [3.63, 3.8) is 0 Å². The molecule has 2 atom stereocenters. The van der Waals surface area contributed by atoms with E-state index in [4.69, 9.17) is 23.9 Å². The summed E-state index contributed by atoms with van der Waals surface area (Å²) < 4.78 is 22.7. The van der Waals surface area contributed by atoms with Crippen molar-refractivity contribution in [2.45, 2.75) is 50.9 Å². The summed E-state index contributed by atoms with van der Waals surface area (Å²) in [5.41, 5.74) is 2.93. The molecule has 3 fully saturated rings. The van der Waals surface area contributed by atoms with Gasteiger partial charge in [0, 0.05) is 49.6 Å². The van der Waals surface area contributed by atoms with Crippen LogP contribution in [0.25, 0.3) is 11.3 Å². The first-order chi connectivity index (χ1) is 20.5. The molecular formula is C31H37N7O4. The molecule has 42 heavy (non-hydrogen) atoms. The highest BCUT2D eigenvalue weighted by atomic mass is 16.5. The van der Waals surface area contributed by atoms with Crippen molar-refractivity contribution in [2.24, 2.45) is 0 Å². The topological polar surface area (TPSA) is 118 Å². The van der Waals surface area contributed by atoms with Crippen LogP contribution in [-0.2, 0) is 9.47 Å². The third kappa shape index (κ3) is 5.97. The van der Waals surface area contributed by atoms with Gasteiger partial charge in [0.25, 0.3) is 0 Å². The lowest BCUT2D eigenvalue weighted by Crippen LogP contribution is -2.64. The van der Waals surface area contributed by atoms with E-state index in [0.29, 0.717) is 65.9 Å². The van der Waals surface area contributed by atoms with Crippen LogP contribution >= 0.6 is 0 Å². The Hall–Kier alpha value is -3.98. The Labute approximate surface area is 246 Å². The highest BCUT2D eigenvalue weighted by Gasteiger charge is 2.38. The molecule has 2 aromatic heterocycles. The number of anilines is 3. The van der Waals surface area contributed by atoms with Crippen molar-refractivity contribution in [3.8, 4) is 29.0 Å². The van der Waals surface area contributed by atoms with Crippen LogP contribution in [0.4, 0.5) is 17.3 Å². The molecule has 3 saturated heterocycles. The van der Waals surface area contributed by atoms with Gasteiger partial charge in [0.1, 0.15) is 41.6 Å². The van der Waals surface area contributed by atoms with Crippen molar-refractivity contribution in [3.05, 3.63) is 48.3 Å². The van der Waals surface area contributed by atoms with E-state index in [9.17, 15) is 5.26 Å². The first kappa shape index (κ1) is 28.2. The molecule has 1 N–H and O–H groups in total. The molecule has 0 spiro atoms. The highest BCUT2D eigenvalue weighted by Crippen LogP contribution is 2.34. The zero-order chi connectivity index (χ0) is 29.1. The SMILES string of the molecule is COc1nc(Nc2cc(-c3ccc(OC4CCOCC4)c(C#N)c3)ncn2)ccc1N1C[C@@H](C)N(C2COC2)[C@@H](C)C1. The van der Waals surface area contributed by atoms with E-state index < -0.39 is 0 Å². The van der Waals surface area contributed by atoms with Crippen LogP contribution in [0, 0.1) is 11.3 Å². The van der Waals surface area contributed by atoms with Gasteiger partial charge < -0.3 is 29.2 Å². The Bertz CT molecular complexity index is 1430. The minimum Gasteiger partial charge on any atom is -0.489 e. The molecule has 1 aromatic carbocycles. The van der Waals surface area contributed by atoms with Crippen LogP contribution in [0.15, 0.2) is 42.7 Å². The van der Waals surface area contributed by atoms with Crippen LogP contribution in [0.2, 0.25) is 0 Å². The van der Waals surface area contributed by atoms with Gasteiger partial charge in [-0.25, -0.2) is 9.97 Å². The number of hydrogen-bond donors (Lipinski definition) is 1. The van der Waals surface area contributed by atoms with E-state index in [1.807, 2.05) is 30.3 Å². The summed E-state index contributed by atoms with van der Waals surface area (Å²) in [6.07, 6.45) is 3.19. The van der Waals surface area contributed by atoms with Crippen molar-refractivity contribution < 1.29 is 18.9 Å². The molecule has 0 bridgehead atoms. The normalized spacial score (nSPS) is 21.8. The first-order valence-corrected chi connectivity index (χ1v) is 14.6. The summed E-state index contributed by atoms with van der Waals surface area (Å²) in [4.78, 5) is 18.5. The number of benzene rings is 1. The van der Waals surface area contributed by atoms with Crippen LogP contribution in [-0.4, -0.2) is 90.7 Å². The number of aromatic nitrogens is 3. The summed E-state index contributed by atoms with van der Waals surface area (Å²) in [6.45, 7) is 9.33. The molecule has 3 aromatic rings. The second-order valence-electron chi connectivity index (χ2n) is 11.1. The van der Waals surface area contributed by atoms with Crippen molar-refractivity contribution >= 4 is 17.3 Å². The maximum absolute atomic E-state index is 9.78. The third-order valence-electron chi connectivity index (χ3n) is 8.18. The van der Waals surface area contributed by atoms with Gasteiger partial charge in [-0.15, -0.1) is 0 Å². The average molecular weight is 572 g/mol. The molecule has 3 aliphatic heterocycles. The first-order valence-electron chi connectivity index (χ1n) is 14.6. The molecule has 0 amide bonds. The van der Waals surface area contributed by atoms with Gasteiger partial charge in [-0.3, -0.25) is 4.90 Å². The number of hydrogen-bond acceptors (Lipinski definition) is 11. The number of nitrogens with one attached hydrogen (secondary N) is 1. The van der Waals surface area contributed by atoms with Crippen LogP contribution in [0.1, 0.15) is 32.3 Å². The number of nitrogens with zero attached hydrogens (tertiary/aromatic N) is 6. The summed E-state index contributed by atoms with van der Waals surface area (Å²) in [5.74, 6) is 2.35. The Morgan fingerprint density at radius 3 is 2.45 bits per heavy atom. The maximum Gasteiger partial charge on any atom is 0.239 e. The molecule has 0 saturated carbocycles. The molecule has 3 aliphatic rings. The van der Waals surface area contributed by atoms with Crippen LogP contribution < -0.4 is 19.7 Å². The van der Waals surface area contributed by atoms with E-state index in [1.54, 1.807) is 13.2 Å². The molecule has 0 aliphatic carbocycles. The van der Waals surface area contributed by atoms with Crippen molar-refractivity contribution in [1.82, 2.24) is 19.9 Å². The van der Waals surface area contributed by atoms with Gasteiger partial charge in [-0.2, -0.15) is 10.2 Å². The van der Waals surface area contributed by atoms with Gasteiger partial charge in [-0.1, -0.05) is 0 Å². The Balaban J connectivity index is 1.16. The Morgan fingerprint density at radius 1 is 0.976 bits per heavy atom. The largest absolute Gasteiger partial charge is 0.489 e. The fourth-order valence-electron chi connectivity index (χ4n) is 6.11. The predicted molar refractivity (Wildman–Crippen MR) is 158 cm³/mol. The average Bonchev–Trinajstić information content (AvgIpc) is 2.98. The third-order valence-corrected chi connectivity index (χ3v) is 8.18. The minimum absolute atomic E-state index is 0.0567. The van der Waals surface area contributed by atoms with E-state index in [2.05, 4.69) is 45.0 Å². The lowest BCUT2D eigenvalue weighted by atomic mass is 10.0. The summed E-state index contributed by atoms with van der Waals surface area (Å²) >= 11 is 0. The lowest BCUT2D eigenvalue weighted by Gasteiger charge is -2.51. The number of piperazine rings is 1. The minimum atomic E-state index is 0.0567. The smallest absolute Gasteiger partial charge is 0.239 e. The van der Waals surface area contributed by atoms with Gasteiger partial charge in [-0.05, 0) is 44.2 Å². The standard InChI is InChI=1S/C31H37N7O4/c1-20-15-37(16-21(2)38(20)24-17-41-18-24)27-5-7-29(36-31(27)39-3)35-30-13-26(33-19-34-30)22-4-6-28(23(12-22)14-32)42-25-8-10-40-11-9-25/h4-7,12-13,19-21,24-25H,8-11,15-18H2,1-3H3,(H,33,34,35,36)/t20-,21+. The van der Waals surface area contributed by atoms with E-state index in [-0.39, 0.29) is 6.10 Å². The van der Waals surface area contributed by atoms with Gasteiger partial charge in [0.2, 0.25) is 5.88 Å². The van der Waals surface area contributed by atoms with Gasteiger partial charge in [0.05, 0.1) is 50.8 Å². The second kappa shape index (κ2) is 12.5. The molecule has 0 unspecified atom stereocenters. The predicted octanol–water partition coefficient (Wildman–Crippen LogP) is 4.02. The zero-order valence-corrected chi connectivity index (χ0v) is 24.3. The molecule has 220 valence electrons. The fraction of sp³-hybridized carbons (Fsp3) is 0.484. The van der Waals surface area contributed by atoms with Crippen LogP contribution in [0.3, 0.4) is 0 Å². The Morgan fingerprint density at radius 2 is 1.76 bits per heavy atom. The fourth-order valence-corrected chi connectivity index (χ4v) is 6.11. The molecule has 11 nitrogen and oxygen atoms in total. The quantitative estimate of drug-likeness (QED) is 0.422. The second-order valence-corrected chi connectivity index (χ2v) is 11.1. The van der Waals surface area contributed by atoms with Crippen molar-refractivity contribution in [1.29, 1.82) is 5.26 Å². The Kier molecular flexibility index (Phi) is 8.37. The molecule has 5 heterocycles. The number of rotatable bonds is 8. The number of pyridine rings is 1. The van der Waals surface area contributed by atoms with Crippen molar-refractivity contribution in [2.75, 3.05) is 56.8 Å². The number of nitriles is 1. The molecule has 11 heteroatoms. The summed E-state index contributed by atoms with van der Waals surface area (Å²) in [5, 5.41) is 13.1. The maximum atomic E-state index is 9.78. The number of methoxy groups -OCH3 is 1. The number of ether oxygens (including phenoxy) is 4. The van der Waals surface area contributed by atoms with E-state index >= 15 is 0 Å². The van der Waals surface area contributed by atoms with Gasteiger partial charge in [0.15, 0.2) is 0 Å². The monoisotopic (exact) mass is 571 g/mol. The van der Waals surface area contributed by atoms with E-state index in [0.717, 1.165) is 50.4 Å². The molecule has 6 rings (SSSR count). The van der Waals surface area contributed by atoms with E-state index in [1.165, 1.54) is 6.33 Å². The molecule has 0 radical (unpaired) electrons. The zero-order valence-electron chi connectivity index (χ0n) is 24.3. The summed E-state index contributed by atoms with van der Waals surface area (Å²) in [7, 11) is 1.65. The highest BCUT2D eigenvalue weighted by molar-refractivity contribution is 5.68.